The maximum Gasteiger partial charge on any atom is 0.318 e. The number of thioether (sulfide) groups is 1. The predicted molar refractivity (Wildman–Crippen MR) is 72.2 cm³/mol. The fourth-order valence-corrected chi connectivity index (χ4v) is 3.16. The molecule has 7 heteroatoms. The van der Waals surface area contributed by atoms with Crippen LogP contribution < -0.4 is 5.56 Å². The molecule has 96 valence electrons. The minimum atomic E-state index is -0.398. The Kier molecular flexibility index (Phi) is 3.72. The van der Waals surface area contributed by atoms with E-state index in [1.54, 1.807) is 20.0 Å². The normalized spacial score (nSPS) is 12.6. The van der Waals surface area contributed by atoms with Gasteiger partial charge in [0.05, 0.1) is 12.5 Å². The number of fused-ring (bicyclic) bond motifs is 1. The molecule has 1 unspecified atom stereocenters. The van der Waals surface area contributed by atoms with Crippen LogP contribution in [0.1, 0.15) is 6.92 Å². The summed E-state index contributed by atoms with van der Waals surface area (Å²) in [5, 5.41) is 2.56. The first-order chi connectivity index (χ1) is 8.54. The van der Waals surface area contributed by atoms with E-state index >= 15 is 0 Å². The van der Waals surface area contributed by atoms with Crippen molar-refractivity contribution in [3.8, 4) is 0 Å². The van der Waals surface area contributed by atoms with Crippen molar-refractivity contribution in [3.63, 3.8) is 0 Å². The zero-order chi connectivity index (χ0) is 13.3. The highest BCUT2D eigenvalue weighted by atomic mass is 32.2. The number of carbonyl (C=O) groups is 1. The lowest BCUT2D eigenvalue weighted by Gasteiger charge is -2.10. The van der Waals surface area contributed by atoms with E-state index in [4.69, 9.17) is 0 Å². The van der Waals surface area contributed by atoms with E-state index in [1.165, 1.54) is 34.8 Å². The Hall–Kier alpha value is -1.34. The lowest BCUT2D eigenvalue weighted by molar-refractivity contribution is -0.139. The zero-order valence-electron chi connectivity index (χ0n) is 10.2. The lowest BCUT2D eigenvalue weighted by Crippen LogP contribution is -2.22. The van der Waals surface area contributed by atoms with Gasteiger partial charge in [0, 0.05) is 7.05 Å². The van der Waals surface area contributed by atoms with Crippen molar-refractivity contribution in [3.05, 3.63) is 21.8 Å². The van der Waals surface area contributed by atoms with Gasteiger partial charge in [-0.3, -0.25) is 14.2 Å². The van der Waals surface area contributed by atoms with E-state index in [1.807, 2.05) is 5.38 Å². The van der Waals surface area contributed by atoms with Gasteiger partial charge in [0.15, 0.2) is 5.16 Å². The second-order valence-corrected chi connectivity index (χ2v) is 5.88. The highest BCUT2D eigenvalue weighted by Gasteiger charge is 2.18. The third kappa shape index (κ3) is 2.28. The Morgan fingerprint density at radius 2 is 2.33 bits per heavy atom. The smallest absolute Gasteiger partial charge is 0.318 e. The Morgan fingerprint density at radius 3 is 3.00 bits per heavy atom. The number of aromatic nitrogens is 2. The number of esters is 1. The molecule has 5 nitrogen and oxygen atoms in total. The molecule has 0 aliphatic carbocycles. The molecule has 0 N–H and O–H groups in total. The summed E-state index contributed by atoms with van der Waals surface area (Å²) in [5.74, 6) is -0.333. The van der Waals surface area contributed by atoms with Crippen molar-refractivity contribution in [2.24, 2.45) is 7.05 Å². The minimum Gasteiger partial charge on any atom is -0.468 e. The number of carbonyl (C=O) groups excluding carboxylic acids is 1. The second-order valence-electron chi connectivity index (χ2n) is 3.68. The van der Waals surface area contributed by atoms with Gasteiger partial charge in [0.1, 0.15) is 10.1 Å². The lowest BCUT2D eigenvalue weighted by atomic mass is 10.4. The van der Waals surface area contributed by atoms with Gasteiger partial charge in [0.2, 0.25) is 0 Å². The predicted octanol–water partition coefficient (Wildman–Crippen LogP) is 1.65. The molecule has 18 heavy (non-hydrogen) atoms. The van der Waals surface area contributed by atoms with E-state index in [0.717, 1.165) is 0 Å². The van der Waals surface area contributed by atoms with Crippen LogP contribution >= 0.6 is 23.1 Å². The number of ether oxygens (including phenoxy) is 1. The molecule has 0 spiro atoms. The number of thiophene rings is 1. The van der Waals surface area contributed by atoms with E-state index < -0.39 is 5.25 Å². The third-order valence-corrected chi connectivity index (χ3v) is 4.41. The maximum absolute atomic E-state index is 12.0. The van der Waals surface area contributed by atoms with Gasteiger partial charge in [-0.2, -0.15) is 0 Å². The van der Waals surface area contributed by atoms with Crippen molar-refractivity contribution in [1.29, 1.82) is 0 Å². The van der Waals surface area contributed by atoms with Gasteiger partial charge in [-0.1, -0.05) is 11.8 Å². The maximum atomic E-state index is 12.0. The molecule has 0 aliphatic rings. The van der Waals surface area contributed by atoms with Gasteiger partial charge in [0.25, 0.3) is 5.56 Å². The van der Waals surface area contributed by atoms with E-state index in [-0.39, 0.29) is 11.5 Å². The quantitative estimate of drug-likeness (QED) is 0.487. The van der Waals surface area contributed by atoms with E-state index in [2.05, 4.69) is 9.72 Å². The largest absolute Gasteiger partial charge is 0.468 e. The Balaban J connectivity index is 2.42. The molecule has 0 saturated heterocycles. The minimum absolute atomic E-state index is 0.0965. The van der Waals surface area contributed by atoms with Crippen molar-refractivity contribution >= 4 is 39.3 Å². The van der Waals surface area contributed by atoms with Crippen LogP contribution in [0.2, 0.25) is 0 Å². The van der Waals surface area contributed by atoms with Crippen molar-refractivity contribution in [2.45, 2.75) is 17.3 Å². The first kappa shape index (κ1) is 13.1. The Bertz CT molecular complexity index is 647. The Labute approximate surface area is 112 Å². The summed E-state index contributed by atoms with van der Waals surface area (Å²) in [6.45, 7) is 1.72. The molecule has 0 amide bonds. The highest BCUT2D eigenvalue weighted by molar-refractivity contribution is 8.00. The standard InChI is InChI=1S/C11H12N2O3S2/c1-6(10(15)16-3)18-11-12-8-7(4-5-17-8)9(14)13(11)2/h4-6H,1-3H3. The Morgan fingerprint density at radius 1 is 1.61 bits per heavy atom. The third-order valence-electron chi connectivity index (χ3n) is 2.48. The number of nitrogens with zero attached hydrogens (tertiary/aromatic N) is 2. The van der Waals surface area contributed by atoms with Crippen LogP contribution in [-0.4, -0.2) is 27.9 Å². The van der Waals surface area contributed by atoms with Crippen LogP contribution in [0.15, 0.2) is 21.4 Å². The first-order valence-corrected chi connectivity index (χ1v) is 6.99. The fraction of sp³-hybridized carbons (Fsp3) is 0.364. The van der Waals surface area contributed by atoms with Gasteiger partial charge < -0.3 is 4.74 Å². The monoisotopic (exact) mass is 284 g/mol. The van der Waals surface area contributed by atoms with Gasteiger partial charge in [-0.15, -0.1) is 11.3 Å². The van der Waals surface area contributed by atoms with Crippen LogP contribution in [0, 0.1) is 0 Å². The average Bonchev–Trinajstić information content (AvgIpc) is 2.82. The summed E-state index contributed by atoms with van der Waals surface area (Å²) in [4.78, 5) is 28.5. The number of rotatable bonds is 3. The summed E-state index contributed by atoms with van der Waals surface area (Å²) >= 11 is 2.63. The summed E-state index contributed by atoms with van der Waals surface area (Å²) in [6.07, 6.45) is 0. The molecule has 0 aliphatic heterocycles. The van der Waals surface area contributed by atoms with Crippen molar-refractivity contribution in [1.82, 2.24) is 9.55 Å². The molecular weight excluding hydrogens is 272 g/mol. The molecule has 0 aromatic carbocycles. The summed E-state index contributed by atoms with van der Waals surface area (Å²) in [5.41, 5.74) is -0.0965. The van der Waals surface area contributed by atoms with Crippen molar-refractivity contribution < 1.29 is 9.53 Å². The molecule has 0 radical (unpaired) electrons. The van der Waals surface area contributed by atoms with E-state index in [0.29, 0.717) is 15.4 Å². The van der Waals surface area contributed by atoms with Crippen LogP contribution in [0.3, 0.4) is 0 Å². The van der Waals surface area contributed by atoms with Gasteiger partial charge in [-0.25, -0.2) is 4.98 Å². The fourth-order valence-electron chi connectivity index (χ4n) is 1.46. The topological polar surface area (TPSA) is 61.2 Å². The molecule has 2 heterocycles. The van der Waals surface area contributed by atoms with Crippen LogP contribution in [0.4, 0.5) is 0 Å². The summed E-state index contributed by atoms with van der Waals surface area (Å²) in [7, 11) is 2.99. The summed E-state index contributed by atoms with van der Waals surface area (Å²) in [6, 6.07) is 1.76. The highest BCUT2D eigenvalue weighted by Crippen LogP contribution is 2.24. The number of hydrogen-bond donors (Lipinski definition) is 0. The number of hydrogen-bond acceptors (Lipinski definition) is 6. The molecule has 0 bridgehead atoms. The zero-order valence-corrected chi connectivity index (χ0v) is 11.8. The molecular formula is C11H12N2O3S2. The van der Waals surface area contributed by atoms with Crippen LogP contribution in [-0.2, 0) is 16.6 Å². The van der Waals surface area contributed by atoms with E-state index in [9.17, 15) is 9.59 Å². The molecule has 0 saturated carbocycles. The summed E-state index contributed by atoms with van der Waals surface area (Å²) < 4.78 is 6.11. The molecule has 0 fully saturated rings. The number of methoxy groups -OCH3 is 1. The van der Waals surface area contributed by atoms with Crippen LogP contribution in [0.5, 0.6) is 0 Å². The average molecular weight is 284 g/mol. The van der Waals surface area contributed by atoms with Crippen molar-refractivity contribution in [2.75, 3.05) is 7.11 Å². The molecule has 1 atom stereocenters. The SMILES string of the molecule is COC(=O)C(C)Sc1nc2sccc2c(=O)n1C. The first-order valence-electron chi connectivity index (χ1n) is 5.23. The molecule has 2 aromatic rings. The second kappa shape index (κ2) is 5.11. The van der Waals surface area contributed by atoms with Gasteiger partial charge in [-0.05, 0) is 18.4 Å². The molecule has 2 aromatic heterocycles. The molecule has 2 rings (SSSR count). The van der Waals surface area contributed by atoms with Gasteiger partial charge >= 0.3 is 5.97 Å². The van der Waals surface area contributed by atoms with Crippen LogP contribution in [0.25, 0.3) is 10.2 Å².